The lowest BCUT2D eigenvalue weighted by molar-refractivity contribution is -0.146. The lowest BCUT2D eigenvalue weighted by Gasteiger charge is -2.17. The van der Waals surface area contributed by atoms with Crippen LogP contribution in [0.25, 0.3) is 11.0 Å². The molecule has 0 spiro atoms. The quantitative estimate of drug-likeness (QED) is 0.488. The van der Waals surface area contributed by atoms with E-state index in [4.69, 9.17) is 0 Å². The summed E-state index contributed by atoms with van der Waals surface area (Å²) >= 11 is 0. The standard InChI is InChI=1S/C20H18F3N7O/c21-20(22,23)19-26-15-8-4-5-9-16(15)29(19)11-10-24-18(31)17(30-13-25-27-28-30)12-14-6-2-1-3-7-14/h1-9,13,17H,10-12H2,(H,24,31)/t17-/m0/s1. The van der Waals surface area contributed by atoms with Crippen LogP contribution < -0.4 is 5.32 Å². The average Bonchev–Trinajstić information content (AvgIpc) is 3.41. The minimum atomic E-state index is -4.61. The molecule has 4 rings (SSSR count). The maximum atomic E-state index is 13.4. The molecule has 0 saturated carbocycles. The zero-order valence-electron chi connectivity index (χ0n) is 16.2. The molecule has 4 aromatic rings. The van der Waals surface area contributed by atoms with Crippen LogP contribution in [0.4, 0.5) is 13.2 Å². The monoisotopic (exact) mass is 429 g/mol. The molecule has 1 amide bonds. The second-order valence-corrected chi connectivity index (χ2v) is 6.86. The van der Waals surface area contributed by atoms with Gasteiger partial charge in [-0.2, -0.15) is 13.2 Å². The topological polar surface area (TPSA) is 90.5 Å². The lowest BCUT2D eigenvalue weighted by atomic mass is 10.1. The number of hydrogen-bond donors (Lipinski definition) is 1. The van der Waals surface area contributed by atoms with E-state index in [2.05, 4.69) is 25.8 Å². The maximum absolute atomic E-state index is 13.4. The number of carbonyl (C=O) groups is 1. The first-order valence-corrected chi connectivity index (χ1v) is 9.50. The highest BCUT2D eigenvalue weighted by Crippen LogP contribution is 2.31. The van der Waals surface area contributed by atoms with Crippen LogP contribution >= 0.6 is 0 Å². The number of nitrogens with zero attached hydrogens (tertiary/aromatic N) is 6. The third kappa shape index (κ3) is 4.55. The van der Waals surface area contributed by atoms with Gasteiger partial charge in [0.25, 0.3) is 0 Å². The Kier molecular flexibility index (Phi) is 5.65. The van der Waals surface area contributed by atoms with Gasteiger partial charge in [0.2, 0.25) is 11.7 Å². The Balaban J connectivity index is 1.50. The number of aromatic nitrogens is 6. The fraction of sp³-hybridized carbons (Fsp3) is 0.250. The second kappa shape index (κ2) is 8.54. The molecule has 2 aromatic carbocycles. The summed E-state index contributed by atoms with van der Waals surface area (Å²) in [7, 11) is 0. The number of para-hydroxylation sites is 2. The van der Waals surface area contributed by atoms with Gasteiger partial charge >= 0.3 is 6.18 Å². The van der Waals surface area contributed by atoms with Crippen LogP contribution in [0, 0.1) is 0 Å². The van der Waals surface area contributed by atoms with E-state index in [-0.39, 0.29) is 18.6 Å². The van der Waals surface area contributed by atoms with E-state index in [0.717, 1.165) is 10.1 Å². The number of tetrazole rings is 1. The summed E-state index contributed by atoms with van der Waals surface area (Å²) in [6.07, 6.45) is -2.94. The zero-order chi connectivity index (χ0) is 21.8. The predicted octanol–water partition coefficient (Wildman–Crippen LogP) is 2.64. The molecular formula is C20H18F3N7O. The molecule has 0 bridgehead atoms. The fourth-order valence-electron chi connectivity index (χ4n) is 3.38. The molecule has 11 heteroatoms. The Morgan fingerprint density at radius 3 is 2.52 bits per heavy atom. The molecule has 1 N–H and O–H groups in total. The number of rotatable bonds is 7. The highest BCUT2D eigenvalue weighted by Gasteiger charge is 2.37. The molecule has 0 aliphatic heterocycles. The van der Waals surface area contributed by atoms with E-state index in [1.165, 1.54) is 17.1 Å². The molecule has 8 nitrogen and oxygen atoms in total. The molecule has 0 aliphatic rings. The Morgan fingerprint density at radius 1 is 1.06 bits per heavy atom. The van der Waals surface area contributed by atoms with Gasteiger partial charge in [-0.1, -0.05) is 42.5 Å². The molecule has 0 unspecified atom stereocenters. The van der Waals surface area contributed by atoms with Gasteiger partial charge in [-0.25, -0.2) is 9.67 Å². The highest BCUT2D eigenvalue weighted by molar-refractivity contribution is 5.80. The van der Waals surface area contributed by atoms with Crippen molar-refractivity contribution in [2.75, 3.05) is 6.54 Å². The molecular weight excluding hydrogens is 411 g/mol. The molecule has 0 fully saturated rings. The van der Waals surface area contributed by atoms with Crippen molar-refractivity contribution in [1.29, 1.82) is 0 Å². The van der Waals surface area contributed by atoms with Crippen molar-refractivity contribution < 1.29 is 18.0 Å². The van der Waals surface area contributed by atoms with Crippen LogP contribution in [0.2, 0.25) is 0 Å². The summed E-state index contributed by atoms with van der Waals surface area (Å²) in [6, 6.07) is 14.9. The van der Waals surface area contributed by atoms with Crippen molar-refractivity contribution in [2.24, 2.45) is 0 Å². The van der Waals surface area contributed by atoms with E-state index in [1.54, 1.807) is 18.2 Å². The van der Waals surface area contributed by atoms with Gasteiger partial charge in [0.05, 0.1) is 11.0 Å². The first kappa shape index (κ1) is 20.5. The lowest BCUT2D eigenvalue weighted by Crippen LogP contribution is -2.36. The highest BCUT2D eigenvalue weighted by atomic mass is 19.4. The number of carbonyl (C=O) groups excluding carboxylic acids is 1. The first-order chi connectivity index (χ1) is 14.9. The normalized spacial score (nSPS) is 12.7. The SMILES string of the molecule is O=C(NCCn1c(C(F)(F)F)nc2ccccc21)[C@H](Cc1ccccc1)n1cnnn1. The first-order valence-electron chi connectivity index (χ1n) is 9.50. The number of imidazole rings is 1. The van der Waals surface area contributed by atoms with E-state index < -0.39 is 23.9 Å². The van der Waals surface area contributed by atoms with E-state index >= 15 is 0 Å². The largest absolute Gasteiger partial charge is 0.449 e. The van der Waals surface area contributed by atoms with Crippen molar-refractivity contribution >= 4 is 16.9 Å². The molecule has 31 heavy (non-hydrogen) atoms. The van der Waals surface area contributed by atoms with Crippen LogP contribution in [-0.2, 0) is 23.9 Å². The molecule has 2 aromatic heterocycles. The molecule has 1 atom stereocenters. The van der Waals surface area contributed by atoms with Crippen molar-refractivity contribution in [3.63, 3.8) is 0 Å². The Hall–Kier alpha value is -3.76. The minimum Gasteiger partial charge on any atom is -0.352 e. The summed E-state index contributed by atoms with van der Waals surface area (Å²) in [5.41, 5.74) is 1.50. The number of alkyl halides is 3. The maximum Gasteiger partial charge on any atom is 0.449 e. The number of benzene rings is 2. The van der Waals surface area contributed by atoms with Gasteiger partial charge < -0.3 is 9.88 Å². The van der Waals surface area contributed by atoms with Crippen LogP contribution in [0.3, 0.4) is 0 Å². The number of fused-ring (bicyclic) bond motifs is 1. The van der Waals surface area contributed by atoms with Crippen molar-refractivity contribution in [1.82, 2.24) is 35.1 Å². The Morgan fingerprint density at radius 2 is 1.81 bits per heavy atom. The van der Waals surface area contributed by atoms with Gasteiger partial charge in [-0.3, -0.25) is 4.79 Å². The van der Waals surface area contributed by atoms with Crippen LogP contribution in [0.1, 0.15) is 17.4 Å². The predicted molar refractivity (Wildman–Crippen MR) is 105 cm³/mol. The molecule has 0 radical (unpaired) electrons. The van der Waals surface area contributed by atoms with Gasteiger partial charge in [-0.05, 0) is 28.1 Å². The van der Waals surface area contributed by atoms with E-state index in [0.29, 0.717) is 11.9 Å². The number of halogens is 3. The number of nitrogens with one attached hydrogen (secondary N) is 1. The van der Waals surface area contributed by atoms with Crippen molar-refractivity contribution in [3.8, 4) is 0 Å². The average molecular weight is 429 g/mol. The van der Waals surface area contributed by atoms with Gasteiger partial charge in [0.15, 0.2) is 0 Å². The smallest absolute Gasteiger partial charge is 0.352 e. The summed E-state index contributed by atoms with van der Waals surface area (Å²) in [5.74, 6) is -1.39. The van der Waals surface area contributed by atoms with Crippen LogP contribution in [-0.4, -0.2) is 42.2 Å². The third-order valence-electron chi connectivity index (χ3n) is 4.80. The summed E-state index contributed by atoms with van der Waals surface area (Å²) in [5, 5.41) is 13.7. The molecule has 0 saturated heterocycles. The Bertz CT molecular complexity index is 1160. The fourth-order valence-corrected chi connectivity index (χ4v) is 3.38. The van der Waals surface area contributed by atoms with Crippen LogP contribution in [0.5, 0.6) is 0 Å². The summed E-state index contributed by atoms with van der Waals surface area (Å²) in [4.78, 5) is 16.6. The number of hydrogen-bond acceptors (Lipinski definition) is 5. The number of amides is 1. The molecule has 0 aliphatic carbocycles. The van der Waals surface area contributed by atoms with Crippen LogP contribution in [0.15, 0.2) is 60.9 Å². The third-order valence-corrected chi connectivity index (χ3v) is 4.80. The Labute approximate surface area is 174 Å². The van der Waals surface area contributed by atoms with E-state index in [9.17, 15) is 18.0 Å². The van der Waals surface area contributed by atoms with Gasteiger partial charge in [0.1, 0.15) is 12.4 Å². The minimum absolute atomic E-state index is 0.0182. The van der Waals surface area contributed by atoms with Gasteiger partial charge in [-0.15, -0.1) is 5.10 Å². The summed E-state index contributed by atoms with van der Waals surface area (Å²) in [6.45, 7) is -0.107. The van der Waals surface area contributed by atoms with Crippen molar-refractivity contribution in [2.45, 2.75) is 25.2 Å². The molecule has 160 valence electrons. The van der Waals surface area contributed by atoms with Gasteiger partial charge in [0, 0.05) is 19.5 Å². The second-order valence-electron chi connectivity index (χ2n) is 6.86. The van der Waals surface area contributed by atoms with Crippen molar-refractivity contribution in [3.05, 3.63) is 72.3 Å². The molecule has 2 heterocycles. The van der Waals surface area contributed by atoms with E-state index in [1.807, 2.05) is 30.3 Å². The summed E-state index contributed by atoms with van der Waals surface area (Å²) < 4.78 is 42.7. The zero-order valence-corrected chi connectivity index (χ0v) is 16.2.